The molecule has 0 heterocycles. The molecule has 0 aliphatic heterocycles. The lowest BCUT2D eigenvalue weighted by molar-refractivity contribution is 0.0535. The van der Waals surface area contributed by atoms with Crippen molar-refractivity contribution >= 4 is 0 Å². The van der Waals surface area contributed by atoms with Crippen LogP contribution in [0.2, 0.25) is 0 Å². The molecule has 0 saturated heterocycles. The Balaban J connectivity index is 2.03. The lowest BCUT2D eigenvalue weighted by Gasteiger charge is -2.23. The van der Waals surface area contributed by atoms with E-state index in [1.54, 1.807) is 0 Å². The Morgan fingerprint density at radius 3 is 2.71 bits per heavy atom. The van der Waals surface area contributed by atoms with Gasteiger partial charge in [-0.05, 0) is 31.1 Å². The Morgan fingerprint density at radius 1 is 1.21 bits per heavy atom. The zero-order chi connectivity index (χ0) is 9.80. The van der Waals surface area contributed by atoms with Crippen molar-refractivity contribution in [2.45, 2.75) is 25.0 Å². The van der Waals surface area contributed by atoms with Gasteiger partial charge >= 0.3 is 0 Å². The average molecular weight is 190 g/mol. The summed E-state index contributed by atoms with van der Waals surface area (Å²) in [6, 6.07) is 9.59. The van der Waals surface area contributed by atoms with Gasteiger partial charge in [0.2, 0.25) is 0 Å². The van der Waals surface area contributed by atoms with Gasteiger partial charge in [-0.1, -0.05) is 24.3 Å². The van der Waals surface area contributed by atoms with E-state index < -0.39 is 0 Å². The molecule has 0 saturated carbocycles. The van der Waals surface area contributed by atoms with Gasteiger partial charge in [-0.3, -0.25) is 0 Å². The maximum atomic E-state index is 9.65. The van der Waals surface area contributed by atoms with Gasteiger partial charge < -0.3 is 9.84 Å². The Kier molecular flexibility index (Phi) is 2.84. The van der Waals surface area contributed by atoms with Gasteiger partial charge in [0.25, 0.3) is 0 Å². The third-order valence-corrected chi connectivity index (χ3v) is 2.35. The van der Waals surface area contributed by atoms with Crippen molar-refractivity contribution in [2.75, 3.05) is 0 Å². The molecule has 14 heavy (non-hydrogen) atoms. The standard InChI is InChI=1S/C12H14O2/c13-11-8-4-5-9-12(11)14-10-6-2-1-3-7-10/h1-3,5-7,9,11-13H,4,8H2/t11-,12+/m1/s1. The fourth-order valence-electron chi connectivity index (χ4n) is 1.56. The molecule has 0 fully saturated rings. The predicted octanol–water partition coefficient (Wildman–Crippen LogP) is 2.14. The predicted molar refractivity (Wildman–Crippen MR) is 55.2 cm³/mol. The summed E-state index contributed by atoms with van der Waals surface area (Å²) in [5.74, 6) is 0.808. The van der Waals surface area contributed by atoms with E-state index in [1.807, 2.05) is 36.4 Å². The Hall–Kier alpha value is -1.28. The second kappa shape index (κ2) is 4.29. The Labute approximate surface area is 83.8 Å². The van der Waals surface area contributed by atoms with E-state index in [1.165, 1.54) is 0 Å². The monoisotopic (exact) mass is 190 g/mol. The first kappa shape index (κ1) is 9.28. The summed E-state index contributed by atoms with van der Waals surface area (Å²) in [4.78, 5) is 0. The summed E-state index contributed by atoms with van der Waals surface area (Å²) in [6.07, 6.45) is 5.15. The fraction of sp³-hybridized carbons (Fsp3) is 0.333. The molecule has 2 heteroatoms. The lowest BCUT2D eigenvalue weighted by Crippen LogP contribution is -2.31. The van der Waals surface area contributed by atoms with Crippen LogP contribution in [0.15, 0.2) is 42.5 Å². The molecule has 1 aliphatic rings. The van der Waals surface area contributed by atoms with Crippen LogP contribution in [-0.2, 0) is 0 Å². The minimum Gasteiger partial charge on any atom is -0.484 e. The van der Waals surface area contributed by atoms with E-state index >= 15 is 0 Å². The molecule has 2 rings (SSSR count). The van der Waals surface area contributed by atoms with Crippen LogP contribution < -0.4 is 4.74 Å². The molecule has 2 atom stereocenters. The number of hydrogen-bond donors (Lipinski definition) is 1. The van der Waals surface area contributed by atoms with E-state index in [0.717, 1.165) is 18.6 Å². The van der Waals surface area contributed by atoms with Crippen molar-refractivity contribution in [3.63, 3.8) is 0 Å². The smallest absolute Gasteiger partial charge is 0.143 e. The number of hydrogen-bond acceptors (Lipinski definition) is 2. The molecule has 0 bridgehead atoms. The summed E-state index contributed by atoms with van der Waals surface area (Å²) in [5, 5.41) is 9.65. The summed E-state index contributed by atoms with van der Waals surface area (Å²) < 4.78 is 5.63. The topological polar surface area (TPSA) is 29.5 Å². The largest absolute Gasteiger partial charge is 0.484 e. The molecule has 0 unspecified atom stereocenters. The second-order valence-electron chi connectivity index (χ2n) is 3.47. The first-order valence-electron chi connectivity index (χ1n) is 4.93. The molecule has 1 aliphatic carbocycles. The van der Waals surface area contributed by atoms with Gasteiger partial charge in [-0.15, -0.1) is 0 Å². The fourth-order valence-corrected chi connectivity index (χ4v) is 1.56. The number of aliphatic hydroxyl groups excluding tert-OH is 1. The highest BCUT2D eigenvalue weighted by Gasteiger charge is 2.20. The second-order valence-corrected chi connectivity index (χ2v) is 3.47. The van der Waals surface area contributed by atoms with E-state index in [4.69, 9.17) is 4.74 Å². The molecule has 0 aromatic heterocycles. The average Bonchev–Trinajstić information content (AvgIpc) is 2.23. The zero-order valence-corrected chi connectivity index (χ0v) is 7.97. The van der Waals surface area contributed by atoms with E-state index in [-0.39, 0.29) is 12.2 Å². The summed E-state index contributed by atoms with van der Waals surface area (Å²) in [7, 11) is 0. The maximum absolute atomic E-state index is 9.65. The summed E-state index contributed by atoms with van der Waals surface area (Å²) in [5.41, 5.74) is 0. The van der Waals surface area contributed by atoms with Crippen molar-refractivity contribution in [3.05, 3.63) is 42.5 Å². The molecule has 74 valence electrons. The number of rotatable bonds is 2. The highest BCUT2D eigenvalue weighted by molar-refractivity contribution is 5.22. The molecule has 1 N–H and O–H groups in total. The van der Waals surface area contributed by atoms with Crippen LogP contribution in [0.25, 0.3) is 0 Å². The molecular formula is C12H14O2. The summed E-state index contributed by atoms with van der Waals surface area (Å²) >= 11 is 0. The number of para-hydroxylation sites is 1. The third kappa shape index (κ3) is 2.15. The van der Waals surface area contributed by atoms with Gasteiger partial charge in [-0.25, -0.2) is 0 Å². The number of allylic oxidation sites excluding steroid dienone is 1. The van der Waals surface area contributed by atoms with Gasteiger partial charge in [-0.2, -0.15) is 0 Å². The molecular weight excluding hydrogens is 176 g/mol. The van der Waals surface area contributed by atoms with Gasteiger partial charge in [0.1, 0.15) is 11.9 Å². The first-order valence-corrected chi connectivity index (χ1v) is 4.93. The van der Waals surface area contributed by atoms with Crippen LogP contribution >= 0.6 is 0 Å². The highest BCUT2D eigenvalue weighted by Crippen LogP contribution is 2.18. The minimum absolute atomic E-state index is 0.189. The van der Waals surface area contributed by atoms with Crippen LogP contribution in [0.5, 0.6) is 5.75 Å². The van der Waals surface area contributed by atoms with Gasteiger partial charge in [0.15, 0.2) is 0 Å². The van der Waals surface area contributed by atoms with Crippen LogP contribution in [0.3, 0.4) is 0 Å². The number of ether oxygens (including phenoxy) is 1. The van der Waals surface area contributed by atoms with Crippen LogP contribution in [0, 0.1) is 0 Å². The zero-order valence-electron chi connectivity index (χ0n) is 7.97. The van der Waals surface area contributed by atoms with E-state index in [9.17, 15) is 5.11 Å². The van der Waals surface area contributed by atoms with Crippen LogP contribution in [0.4, 0.5) is 0 Å². The van der Waals surface area contributed by atoms with Crippen molar-refractivity contribution in [3.8, 4) is 5.75 Å². The molecule has 1 aromatic rings. The van der Waals surface area contributed by atoms with Gasteiger partial charge in [0, 0.05) is 0 Å². The first-order chi connectivity index (χ1) is 6.86. The molecule has 0 radical (unpaired) electrons. The Bertz CT molecular complexity index is 305. The third-order valence-electron chi connectivity index (χ3n) is 2.35. The molecule has 2 nitrogen and oxygen atoms in total. The van der Waals surface area contributed by atoms with Crippen molar-refractivity contribution in [1.29, 1.82) is 0 Å². The number of benzene rings is 1. The van der Waals surface area contributed by atoms with Gasteiger partial charge in [0.05, 0.1) is 6.10 Å². The molecule has 1 aromatic carbocycles. The maximum Gasteiger partial charge on any atom is 0.143 e. The molecule has 0 spiro atoms. The van der Waals surface area contributed by atoms with E-state index in [2.05, 4.69) is 6.08 Å². The quantitative estimate of drug-likeness (QED) is 0.724. The van der Waals surface area contributed by atoms with Crippen LogP contribution in [-0.4, -0.2) is 17.3 Å². The number of aliphatic hydroxyl groups is 1. The SMILES string of the molecule is O[C@@H]1CCC=C[C@@H]1Oc1ccccc1. The summed E-state index contributed by atoms with van der Waals surface area (Å²) in [6.45, 7) is 0. The van der Waals surface area contributed by atoms with E-state index in [0.29, 0.717) is 0 Å². The lowest BCUT2D eigenvalue weighted by atomic mass is 10.0. The highest BCUT2D eigenvalue weighted by atomic mass is 16.5. The minimum atomic E-state index is -0.375. The molecule has 0 amide bonds. The van der Waals surface area contributed by atoms with Crippen LogP contribution in [0.1, 0.15) is 12.8 Å². The Morgan fingerprint density at radius 2 is 2.00 bits per heavy atom. The normalized spacial score (nSPS) is 26.1. The van der Waals surface area contributed by atoms with Crippen molar-refractivity contribution in [2.24, 2.45) is 0 Å². The van der Waals surface area contributed by atoms with Crippen molar-refractivity contribution in [1.82, 2.24) is 0 Å². The van der Waals surface area contributed by atoms with Crippen molar-refractivity contribution < 1.29 is 9.84 Å².